The van der Waals surface area contributed by atoms with Crippen LogP contribution in [0.2, 0.25) is 0 Å². The van der Waals surface area contributed by atoms with Gasteiger partial charge in [-0.15, -0.1) is 0 Å². The van der Waals surface area contributed by atoms with E-state index in [1.807, 2.05) is 0 Å². The van der Waals surface area contributed by atoms with Crippen molar-refractivity contribution in [2.45, 2.75) is 38.8 Å². The first kappa shape index (κ1) is 11.5. The fourth-order valence-electron chi connectivity index (χ4n) is 1.59. The summed E-state index contributed by atoms with van der Waals surface area (Å²) in [6.45, 7) is 5.40. The Hall–Kier alpha value is -0.610. The monoisotopic (exact) mass is 200 g/mol. The molecule has 0 spiro atoms. The number of hydrogen-bond acceptors (Lipinski definition) is 3. The van der Waals surface area contributed by atoms with E-state index in [1.165, 1.54) is 0 Å². The van der Waals surface area contributed by atoms with Crippen LogP contribution in [-0.4, -0.2) is 31.2 Å². The van der Waals surface area contributed by atoms with Crippen LogP contribution in [0.25, 0.3) is 0 Å². The number of ether oxygens (including phenoxy) is 1. The number of primary amides is 1. The van der Waals surface area contributed by atoms with Gasteiger partial charge in [0.1, 0.15) is 0 Å². The van der Waals surface area contributed by atoms with Crippen LogP contribution in [0.5, 0.6) is 0 Å². The second kappa shape index (κ2) is 5.32. The fraction of sp³-hybridized carbons (Fsp3) is 0.900. The van der Waals surface area contributed by atoms with E-state index in [0.717, 1.165) is 19.4 Å². The molecule has 1 amide bonds. The summed E-state index contributed by atoms with van der Waals surface area (Å²) in [4.78, 5) is 10.8. The Balaban J connectivity index is 2.25. The molecular weight excluding hydrogens is 180 g/mol. The van der Waals surface area contributed by atoms with Gasteiger partial charge in [-0.3, -0.25) is 4.79 Å². The smallest absolute Gasteiger partial charge is 0.222 e. The summed E-state index contributed by atoms with van der Waals surface area (Å²) in [5.74, 6) is -0.481. The molecule has 1 heterocycles. The highest BCUT2D eigenvalue weighted by atomic mass is 16.5. The number of piperidine rings is 1. The number of hydrogen-bond donors (Lipinski definition) is 2. The van der Waals surface area contributed by atoms with Crippen molar-refractivity contribution in [2.24, 2.45) is 11.7 Å². The van der Waals surface area contributed by atoms with Gasteiger partial charge < -0.3 is 15.8 Å². The van der Waals surface area contributed by atoms with Crippen molar-refractivity contribution in [3.8, 4) is 0 Å². The third kappa shape index (κ3) is 3.27. The van der Waals surface area contributed by atoms with Crippen LogP contribution in [0.15, 0.2) is 0 Å². The van der Waals surface area contributed by atoms with Gasteiger partial charge in [0.05, 0.1) is 18.6 Å². The summed E-state index contributed by atoms with van der Waals surface area (Å²) in [6, 6.07) is 0.379. The topological polar surface area (TPSA) is 64.3 Å². The number of rotatable bonds is 4. The van der Waals surface area contributed by atoms with E-state index in [-0.39, 0.29) is 17.9 Å². The zero-order valence-electron chi connectivity index (χ0n) is 8.95. The van der Waals surface area contributed by atoms with Crippen molar-refractivity contribution in [1.29, 1.82) is 0 Å². The molecule has 0 aromatic rings. The molecular formula is C10H20N2O2. The molecule has 82 valence electrons. The van der Waals surface area contributed by atoms with Gasteiger partial charge >= 0.3 is 0 Å². The zero-order chi connectivity index (χ0) is 10.6. The first-order valence-corrected chi connectivity index (χ1v) is 5.25. The van der Waals surface area contributed by atoms with Gasteiger partial charge in [-0.25, -0.2) is 0 Å². The molecule has 0 aliphatic carbocycles. The number of amides is 1. The lowest BCUT2D eigenvalue weighted by Crippen LogP contribution is -2.44. The lowest BCUT2D eigenvalue weighted by atomic mass is 10.0. The molecule has 3 atom stereocenters. The number of carbonyl (C=O) groups excluding carboxylic acids is 1. The molecule has 1 aliphatic rings. The Bertz CT molecular complexity index is 197. The Morgan fingerprint density at radius 2 is 2.43 bits per heavy atom. The van der Waals surface area contributed by atoms with Crippen molar-refractivity contribution in [2.75, 3.05) is 13.2 Å². The van der Waals surface area contributed by atoms with Crippen LogP contribution < -0.4 is 11.1 Å². The molecule has 0 bridgehead atoms. The molecule has 4 heteroatoms. The molecule has 1 rings (SSSR count). The average molecular weight is 200 g/mol. The Labute approximate surface area is 85.2 Å². The summed E-state index contributed by atoms with van der Waals surface area (Å²) in [7, 11) is 0. The van der Waals surface area contributed by atoms with E-state index < -0.39 is 0 Å². The normalized spacial score (nSPS) is 29.9. The zero-order valence-corrected chi connectivity index (χ0v) is 8.95. The molecule has 1 saturated heterocycles. The van der Waals surface area contributed by atoms with Crippen LogP contribution in [0.1, 0.15) is 26.7 Å². The van der Waals surface area contributed by atoms with Gasteiger partial charge in [0.2, 0.25) is 5.91 Å². The van der Waals surface area contributed by atoms with Gasteiger partial charge in [-0.1, -0.05) is 6.92 Å². The van der Waals surface area contributed by atoms with Crippen molar-refractivity contribution in [1.82, 2.24) is 5.32 Å². The standard InChI is InChI=1S/C10H20N2O2/c1-7(10(11)13)6-14-9-4-3-5-12-8(9)2/h7-9,12H,3-6H2,1-2H3,(H2,11,13). The van der Waals surface area contributed by atoms with Crippen LogP contribution in [0, 0.1) is 5.92 Å². The number of carbonyl (C=O) groups is 1. The highest BCUT2D eigenvalue weighted by Crippen LogP contribution is 2.13. The van der Waals surface area contributed by atoms with Crippen molar-refractivity contribution in [3.05, 3.63) is 0 Å². The average Bonchev–Trinajstić information content (AvgIpc) is 2.16. The van der Waals surface area contributed by atoms with Crippen LogP contribution in [0.4, 0.5) is 0 Å². The van der Waals surface area contributed by atoms with Crippen LogP contribution in [0.3, 0.4) is 0 Å². The summed E-state index contributed by atoms with van der Waals surface area (Å²) < 4.78 is 5.65. The SMILES string of the molecule is CC(COC1CCCNC1C)C(N)=O. The molecule has 4 nitrogen and oxygen atoms in total. The van der Waals surface area contributed by atoms with Gasteiger partial charge in [0, 0.05) is 6.04 Å². The third-order valence-corrected chi connectivity index (χ3v) is 2.74. The van der Waals surface area contributed by atoms with Gasteiger partial charge in [0.15, 0.2) is 0 Å². The highest BCUT2D eigenvalue weighted by Gasteiger charge is 2.22. The van der Waals surface area contributed by atoms with E-state index in [2.05, 4.69) is 12.2 Å². The van der Waals surface area contributed by atoms with Gasteiger partial charge in [-0.2, -0.15) is 0 Å². The van der Waals surface area contributed by atoms with Crippen molar-refractivity contribution < 1.29 is 9.53 Å². The molecule has 14 heavy (non-hydrogen) atoms. The minimum Gasteiger partial charge on any atom is -0.376 e. The first-order valence-electron chi connectivity index (χ1n) is 5.25. The maximum absolute atomic E-state index is 10.8. The third-order valence-electron chi connectivity index (χ3n) is 2.74. The Morgan fingerprint density at radius 3 is 3.00 bits per heavy atom. The second-order valence-electron chi connectivity index (χ2n) is 4.06. The van der Waals surface area contributed by atoms with Crippen molar-refractivity contribution >= 4 is 5.91 Å². The Kier molecular flexibility index (Phi) is 4.35. The maximum Gasteiger partial charge on any atom is 0.222 e. The predicted molar refractivity (Wildman–Crippen MR) is 54.8 cm³/mol. The summed E-state index contributed by atoms with van der Waals surface area (Å²) in [5, 5.41) is 3.34. The lowest BCUT2D eigenvalue weighted by Gasteiger charge is -2.30. The van der Waals surface area contributed by atoms with E-state index in [9.17, 15) is 4.79 Å². The van der Waals surface area contributed by atoms with E-state index >= 15 is 0 Å². The first-order chi connectivity index (χ1) is 6.61. The maximum atomic E-state index is 10.8. The molecule has 1 fully saturated rings. The number of nitrogens with one attached hydrogen (secondary N) is 1. The van der Waals surface area contributed by atoms with Crippen LogP contribution in [-0.2, 0) is 9.53 Å². The lowest BCUT2D eigenvalue weighted by molar-refractivity contribution is -0.124. The quantitative estimate of drug-likeness (QED) is 0.684. The highest BCUT2D eigenvalue weighted by molar-refractivity contribution is 5.76. The van der Waals surface area contributed by atoms with Gasteiger partial charge in [-0.05, 0) is 26.3 Å². The summed E-state index contributed by atoms with van der Waals surface area (Å²) in [5.41, 5.74) is 5.15. The van der Waals surface area contributed by atoms with Crippen LogP contribution >= 0.6 is 0 Å². The summed E-state index contributed by atoms with van der Waals surface area (Å²) >= 11 is 0. The molecule has 3 N–H and O–H groups in total. The Morgan fingerprint density at radius 1 is 1.71 bits per heavy atom. The minimum atomic E-state index is -0.290. The molecule has 1 aliphatic heterocycles. The molecule has 3 unspecified atom stereocenters. The fourth-order valence-corrected chi connectivity index (χ4v) is 1.59. The summed E-state index contributed by atoms with van der Waals surface area (Å²) in [6.07, 6.45) is 2.44. The molecule has 0 aromatic heterocycles. The molecule has 0 saturated carbocycles. The molecule has 0 radical (unpaired) electrons. The van der Waals surface area contributed by atoms with E-state index in [1.54, 1.807) is 6.92 Å². The second-order valence-corrected chi connectivity index (χ2v) is 4.06. The van der Waals surface area contributed by atoms with E-state index in [4.69, 9.17) is 10.5 Å². The predicted octanol–water partition coefficient (Wildman–Crippen LogP) is 0.265. The minimum absolute atomic E-state index is 0.191. The van der Waals surface area contributed by atoms with E-state index in [0.29, 0.717) is 12.6 Å². The van der Waals surface area contributed by atoms with Gasteiger partial charge in [0.25, 0.3) is 0 Å². The largest absolute Gasteiger partial charge is 0.376 e. The number of nitrogens with two attached hydrogens (primary N) is 1. The molecule has 0 aromatic carbocycles. The van der Waals surface area contributed by atoms with Crippen molar-refractivity contribution in [3.63, 3.8) is 0 Å².